The van der Waals surface area contributed by atoms with Crippen LogP contribution in [0, 0.1) is 5.92 Å². The van der Waals surface area contributed by atoms with Gasteiger partial charge in [0.25, 0.3) is 0 Å². The van der Waals surface area contributed by atoms with Crippen molar-refractivity contribution in [2.75, 3.05) is 13.1 Å². The molecule has 0 unspecified atom stereocenters. The summed E-state index contributed by atoms with van der Waals surface area (Å²) in [5.41, 5.74) is 1.78. The maximum Gasteiger partial charge on any atom is 0.182 e. The number of Topliss-reactive ketones (excluding diaryl/α,β-unsaturated/α-hetero) is 1. The molecular formula is C14H14ClNO. The SMILES string of the molecule is O=C1C(=Cc2ccccc2Cl)N2CCC1CC2. The summed E-state index contributed by atoms with van der Waals surface area (Å²) >= 11 is 6.12. The fourth-order valence-corrected chi connectivity index (χ4v) is 2.84. The van der Waals surface area contributed by atoms with Gasteiger partial charge >= 0.3 is 0 Å². The smallest absolute Gasteiger partial charge is 0.182 e. The lowest BCUT2D eigenvalue weighted by atomic mass is 9.84. The van der Waals surface area contributed by atoms with E-state index in [4.69, 9.17) is 11.6 Å². The van der Waals surface area contributed by atoms with Crippen molar-refractivity contribution in [3.63, 3.8) is 0 Å². The third-order valence-electron chi connectivity index (χ3n) is 3.66. The first-order chi connectivity index (χ1) is 8.25. The Morgan fingerprint density at radius 2 is 1.94 bits per heavy atom. The standard InChI is InChI=1S/C14H14ClNO/c15-12-4-2-1-3-11(12)9-13-14(17)10-5-7-16(13)8-6-10/h1-4,9-10H,5-8H2. The summed E-state index contributed by atoms with van der Waals surface area (Å²) in [6.45, 7) is 2.01. The zero-order valence-corrected chi connectivity index (χ0v) is 10.3. The summed E-state index contributed by atoms with van der Waals surface area (Å²) in [5.74, 6) is 0.538. The van der Waals surface area contributed by atoms with E-state index in [1.165, 1.54) is 0 Å². The van der Waals surface area contributed by atoms with Gasteiger partial charge in [0.15, 0.2) is 5.78 Å². The van der Waals surface area contributed by atoms with Crippen molar-refractivity contribution in [2.24, 2.45) is 5.92 Å². The first-order valence-electron chi connectivity index (χ1n) is 6.01. The summed E-state index contributed by atoms with van der Waals surface area (Å²) in [7, 11) is 0. The molecule has 1 aromatic carbocycles. The minimum absolute atomic E-state index is 0.244. The fraction of sp³-hybridized carbons (Fsp3) is 0.357. The Balaban J connectivity index is 1.99. The molecule has 4 rings (SSSR count). The van der Waals surface area contributed by atoms with E-state index in [1.807, 2.05) is 30.3 Å². The lowest BCUT2D eigenvalue weighted by Crippen LogP contribution is -2.45. The average molecular weight is 248 g/mol. The maximum absolute atomic E-state index is 12.1. The number of halogens is 1. The van der Waals surface area contributed by atoms with Gasteiger partial charge in [-0.2, -0.15) is 0 Å². The predicted molar refractivity (Wildman–Crippen MR) is 68.7 cm³/mol. The zero-order chi connectivity index (χ0) is 11.8. The fourth-order valence-electron chi connectivity index (χ4n) is 2.65. The van der Waals surface area contributed by atoms with Crippen LogP contribution in [-0.4, -0.2) is 23.8 Å². The van der Waals surface area contributed by atoms with Crippen molar-refractivity contribution in [3.8, 4) is 0 Å². The highest BCUT2D eigenvalue weighted by molar-refractivity contribution is 6.32. The minimum Gasteiger partial charge on any atom is -0.369 e. The topological polar surface area (TPSA) is 20.3 Å². The van der Waals surface area contributed by atoms with Crippen LogP contribution in [0.4, 0.5) is 0 Å². The van der Waals surface area contributed by atoms with Gasteiger partial charge in [-0.05, 0) is 30.5 Å². The molecule has 0 aromatic heterocycles. The number of piperidine rings is 3. The second kappa shape index (κ2) is 4.19. The van der Waals surface area contributed by atoms with Gasteiger partial charge in [0.1, 0.15) is 0 Å². The number of carbonyl (C=O) groups excluding carboxylic acids is 1. The first kappa shape index (κ1) is 10.8. The minimum atomic E-state index is 0.244. The summed E-state index contributed by atoms with van der Waals surface area (Å²) in [6.07, 6.45) is 3.97. The Kier molecular flexibility index (Phi) is 2.67. The van der Waals surface area contributed by atoms with Gasteiger partial charge < -0.3 is 4.90 Å². The molecule has 0 radical (unpaired) electrons. The molecule has 3 heterocycles. The molecule has 0 amide bonds. The van der Waals surface area contributed by atoms with Gasteiger partial charge in [-0.25, -0.2) is 0 Å². The lowest BCUT2D eigenvalue weighted by Gasteiger charge is -2.41. The van der Waals surface area contributed by atoms with Gasteiger partial charge in [0.05, 0.1) is 5.70 Å². The molecule has 2 bridgehead atoms. The van der Waals surface area contributed by atoms with E-state index < -0.39 is 0 Å². The number of nitrogens with zero attached hydrogens (tertiary/aromatic N) is 1. The second-order valence-corrected chi connectivity index (χ2v) is 5.08. The molecule has 0 atom stereocenters. The van der Waals surface area contributed by atoms with Crippen LogP contribution >= 0.6 is 11.6 Å². The van der Waals surface area contributed by atoms with Crippen LogP contribution in [0.15, 0.2) is 30.0 Å². The van der Waals surface area contributed by atoms with Gasteiger partial charge in [0.2, 0.25) is 0 Å². The number of carbonyl (C=O) groups is 1. The Hall–Kier alpha value is -1.28. The number of benzene rings is 1. The highest BCUT2D eigenvalue weighted by Crippen LogP contribution is 2.33. The molecule has 0 spiro atoms. The molecular weight excluding hydrogens is 234 g/mol. The second-order valence-electron chi connectivity index (χ2n) is 4.68. The summed E-state index contributed by atoms with van der Waals surface area (Å²) in [4.78, 5) is 14.3. The maximum atomic E-state index is 12.1. The van der Waals surface area contributed by atoms with Crippen LogP contribution in [0.5, 0.6) is 0 Å². The van der Waals surface area contributed by atoms with E-state index in [-0.39, 0.29) is 5.92 Å². The monoisotopic (exact) mass is 247 g/mol. The molecule has 3 fully saturated rings. The van der Waals surface area contributed by atoms with Crippen molar-refractivity contribution in [1.29, 1.82) is 0 Å². The van der Waals surface area contributed by atoms with Crippen LogP contribution in [0.2, 0.25) is 5.02 Å². The molecule has 3 saturated heterocycles. The molecule has 0 N–H and O–H groups in total. The van der Waals surface area contributed by atoms with Crippen molar-refractivity contribution >= 4 is 23.5 Å². The van der Waals surface area contributed by atoms with Crippen molar-refractivity contribution in [2.45, 2.75) is 12.8 Å². The van der Waals surface area contributed by atoms with Crippen molar-refractivity contribution in [3.05, 3.63) is 40.5 Å². The third-order valence-corrected chi connectivity index (χ3v) is 4.00. The van der Waals surface area contributed by atoms with Crippen LogP contribution in [0.3, 0.4) is 0 Å². The first-order valence-corrected chi connectivity index (χ1v) is 6.39. The van der Waals surface area contributed by atoms with E-state index in [2.05, 4.69) is 4.90 Å². The van der Waals surface area contributed by atoms with Crippen LogP contribution in [0.1, 0.15) is 18.4 Å². The number of allylic oxidation sites excluding steroid dienone is 1. The molecule has 2 nitrogen and oxygen atoms in total. The van der Waals surface area contributed by atoms with Gasteiger partial charge in [-0.1, -0.05) is 29.8 Å². The molecule has 0 aliphatic carbocycles. The van der Waals surface area contributed by atoms with Gasteiger partial charge in [-0.3, -0.25) is 4.79 Å². The molecule has 3 aliphatic heterocycles. The van der Waals surface area contributed by atoms with E-state index in [0.717, 1.165) is 37.2 Å². The van der Waals surface area contributed by atoms with E-state index >= 15 is 0 Å². The number of ketones is 1. The lowest BCUT2D eigenvalue weighted by molar-refractivity contribution is -0.125. The Bertz CT molecular complexity index is 487. The molecule has 0 saturated carbocycles. The number of rotatable bonds is 1. The molecule has 3 heteroatoms. The zero-order valence-electron chi connectivity index (χ0n) is 9.53. The van der Waals surface area contributed by atoms with E-state index in [1.54, 1.807) is 0 Å². The highest BCUT2D eigenvalue weighted by atomic mass is 35.5. The van der Waals surface area contributed by atoms with E-state index in [9.17, 15) is 4.79 Å². The van der Waals surface area contributed by atoms with Crippen molar-refractivity contribution < 1.29 is 4.79 Å². The molecule has 1 aromatic rings. The quantitative estimate of drug-likeness (QED) is 0.711. The molecule has 3 aliphatic rings. The van der Waals surface area contributed by atoms with E-state index in [0.29, 0.717) is 10.8 Å². The van der Waals surface area contributed by atoms with Gasteiger partial charge in [0, 0.05) is 24.0 Å². The largest absolute Gasteiger partial charge is 0.369 e. The van der Waals surface area contributed by atoms with Crippen LogP contribution in [-0.2, 0) is 4.79 Å². The normalized spacial score (nSPS) is 22.5. The Labute approximate surface area is 106 Å². The van der Waals surface area contributed by atoms with Gasteiger partial charge in [-0.15, -0.1) is 0 Å². The van der Waals surface area contributed by atoms with Crippen LogP contribution in [0.25, 0.3) is 6.08 Å². The molecule has 17 heavy (non-hydrogen) atoms. The third kappa shape index (κ3) is 1.87. The summed E-state index contributed by atoms with van der Waals surface area (Å²) < 4.78 is 0. The average Bonchev–Trinajstić information content (AvgIpc) is 2.36. The number of hydrogen-bond donors (Lipinski definition) is 0. The predicted octanol–water partition coefficient (Wildman–Crippen LogP) is 2.98. The summed E-state index contributed by atoms with van der Waals surface area (Å²) in [5, 5.41) is 0.704. The van der Waals surface area contributed by atoms with Crippen LogP contribution < -0.4 is 0 Å². The number of hydrogen-bond acceptors (Lipinski definition) is 2. The summed E-state index contributed by atoms with van der Waals surface area (Å²) in [6, 6.07) is 7.65. The Morgan fingerprint density at radius 3 is 2.59 bits per heavy atom. The molecule has 88 valence electrons. The highest BCUT2D eigenvalue weighted by Gasteiger charge is 2.36. The van der Waals surface area contributed by atoms with Crippen molar-refractivity contribution in [1.82, 2.24) is 4.90 Å². The Morgan fingerprint density at radius 1 is 1.24 bits per heavy atom. The number of fused-ring (bicyclic) bond motifs is 3.